The summed E-state index contributed by atoms with van der Waals surface area (Å²) < 4.78 is 11.0. The molecule has 0 bridgehead atoms. The number of carbonyl (C=O) groups is 1. The lowest BCUT2D eigenvalue weighted by Gasteiger charge is -2.14. The Morgan fingerprint density at radius 2 is 2.10 bits per heavy atom. The van der Waals surface area contributed by atoms with Crippen LogP contribution >= 0.6 is 0 Å². The standard InChI is InChI=1S/C16H24N2O3/c1-11(2)21-14-7-4-12(8-15(14)20-3)9-17-10-16(19)18-13-5-6-13/h4,7-8,11,13,17H,5-6,9-10H2,1-3H3,(H,18,19). The van der Waals surface area contributed by atoms with E-state index in [1.165, 1.54) is 0 Å². The summed E-state index contributed by atoms with van der Waals surface area (Å²) in [5.41, 5.74) is 1.06. The molecule has 116 valence electrons. The molecule has 1 saturated carbocycles. The van der Waals surface area contributed by atoms with E-state index < -0.39 is 0 Å². The van der Waals surface area contributed by atoms with Crippen LogP contribution in [0.25, 0.3) is 0 Å². The maximum absolute atomic E-state index is 11.6. The molecular formula is C16H24N2O3. The lowest BCUT2D eigenvalue weighted by Crippen LogP contribution is -2.34. The Labute approximate surface area is 126 Å². The molecule has 2 rings (SSSR count). The molecule has 1 aliphatic rings. The van der Waals surface area contributed by atoms with E-state index in [1.54, 1.807) is 7.11 Å². The molecule has 0 unspecified atom stereocenters. The summed E-state index contributed by atoms with van der Waals surface area (Å²) in [4.78, 5) is 11.6. The number of rotatable bonds is 8. The second-order valence-corrected chi connectivity index (χ2v) is 5.60. The molecule has 0 aliphatic heterocycles. The summed E-state index contributed by atoms with van der Waals surface area (Å²) >= 11 is 0. The Morgan fingerprint density at radius 1 is 1.33 bits per heavy atom. The molecule has 0 saturated heterocycles. The number of carbonyl (C=O) groups excluding carboxylic acids is 1. The second-order valence-electron chi connectivity index (χ2n) is 5.60. The summed E-state index contributed by atoms with van der Waals surface area (Å²) in [6.07, 6.45) is 2.33. The maximum atomic E-state index is 11.6. The van der Waals surface area contributed by atoms with Crippen molar-refractivity contribution in [3.05, 3.63) is 23.8 Å². The minimum Gasteiger partial charge on any atom is -0.493 e. The molecule has 1 amide bonds. The number of hydrogen-bond acceptors (Lipinski definition) is 4. The molecule has 0 atom stereocenters. The van der Waals surface area contributed by atoms with Crippen LogP contribution in [0.1, 0.15) is 32.3 Å². The lowest BCUT2D eigenvalue weighted by molar-refractivity contribution is -0.120. The fraction of sp³-hybridized carbons (Fsp3) is 0.562. The molecule has 0 heterocycles. The summed E-state index contributed by atoms with van der Waals surface area (Å²) in [5.74, 6) is 1.51. The Kier molecular flexibility index (Phi) is 5.44. The summed E-state index contributed by atoms with van der Waals surface area (Å²) in [6.45, 7) is 4.92. The molecule has 0 spiro atoms. The summed E-state index contributed by atoms with van der Waals surface area (Å²) in [6, 6.07) is 6.22. The molecule has 1 fully saturated rings. The van der Waals surface area contributed by atoms with Gasteiger partial charge < -0.3 is 20.1 Å². The maximum Gasteiger partial charge on any atom is 0.234 e. The first kappa shape index (κ1) is 15.6. The summed E-state index contributed by atoms with van der Waals surface area (Å²) in [7, 11) is 1.63. The first-order valence-electron chi connectivity index (χ1n) is 7.42. The highest BCUT2D eigenvalue weighted by atomic mass is 16.5. The number of benzene rings is 1. The number of amides is 1. The van der Waals surface area contributed by atoms with E-state index in [4.69, 9.17) is 9.47 Å². The van der Waals surface area contributed by atoms with Gasteiger partial charge in [0.2, 0.25) is 5.91 Å². The number of nitrogens with one attached hydrogen (secondary N) is 2. The van der Waals surface area contributed by atoms with Crippen LogP contribution in [-0.2, 0) is 11.3 Å². The van der Waals surface area contributed by atoms with Crippen molar-refractivity contribution < 1.29 is 14.3 Å². The Hall–Kier alpha value is -1.75. The quantitative estimate of drug-likeness (QED) is 0.768. The van der Waals surface area contributed by atoms with E-state index in [0.717, 1.165) is 24.2 Å². The van der Waals surface area contributed by atoms with Crippen LogP contribution in [0.15, 0.2) is 18.2 Å². The van der Waals surface area contributed by atoms with Crippen molar-refractivity contribution in [2.45, 2.75) is 45.4 Å². The van der Waals surface area contributed by atoms with Gasteiger partial charge in [0.25, 0.3) is 0 Å². The van der Waals surface area contributed by atoms with E-state index in [0.29, 0.717) is 24.9 Å². The van der Waals surface area contributed by atoms with Gasteiger partial charge in [0, 0.05) is 12.6 Å². The summed E-state index contributed by atoms with van der Waals surface area (Å²) in [5, 5.41) is 6.08. The normalized spacial score (nSPS) is 14.1. The predicted octanol–water partition coefficient (Wildman–Crippen LogP) is 1.85. The van der Waals surface area contributed by atoms with E-state index in [-0.39, 0.29) is 12.0 Å². The van der Waals surface area contributed by atoms with Gasteiger partial charge in [-0.3, -0.25) is 4.79 Å². The third-order valence-corrected chi connectivity index (χ3v) is 3.15. The monoisotopic (exact) mass is 292 g/mol. The average Bonchev–Trinajstić information content (AvgIpc) is 3.23. The zero-order valence-corrected chi connectivity index (χ0v) is 12.9. The number of hydrogen-bond donors (Lipinski definition) is 2. The highest BCUT2D eigenvalue weighted by Gasteiger charge is 2.22. The molecule has 1 aliphatic carbocycles. The molecular weight excluding hydrogens is 268 g/mol. The highest BCUT2D eigenvalue weighted by Crippen LogP contribution is 2.28. The Morgan fingerprint density at radius 3 is 2.71 bits per heavy atom. The van der Waals surface area contributed by atoms with Gasteiger partial charge in [-0.15, -0.1) is 0 Å². The lowest BCUT2D eigenvalue weighted by atomic mass is 10.2. The van der Waals surface area contributed by atoms with Gasteiger partial charge in [-0.05, 0) is 44.4 Å². The van der Waals surface area contributed by atoms with Gasteiger partial charge in [0.15, 0.2) is 11.5 Å². The largest absolute Gasteiger partial charge is 0.493 e. The first-order valence-corrected chi connectivity index (χ1v) is 7.42. The van der Waals surface area contributed by atoms with Crippen molar-refractivity contribution in [1.29, 1.82) is 0 Å². The van der Waals surface area contributed by atoms with E-state index in [2.05, 4.69) is 10.6 Å². The minimum atomic E-state index is 0.0595. The third kappa shape index (κ3) is 5.27. The van der Waals surface area contributed by atoms with Gasteiger partial charge in [-0.1, -0.05) is 6.07 Å². The average molecular weight is 292 g/mol. The molecule has 21 heavy (non-hydrogen) atoms. The number of ether oxygens (including phenoxy) is 2. The molecule has 0 radical (unpaired) electrons. The van der Waals surface area contributed by atoms with Crippen LogP contribution in [0.3, 0.4) is 0 Å². The van der Waals surface area contributed by atoms with Crippen molar-refractivity contribution in [2.75, 3.05) is 13.7 Å². The molecule has 1 aromatic rings. The number of methoxy groups -OCH3 is 1. The van der Waals surface area contributed by atoms with E-state index >= 15 is 0 Å². The Bertz CT molecular complexity index is 484. The molecule has 1 aromatic carbocycles. The SMILES string of the molecule is COc1cc(CNCC(=O)NC2CC2)ccc1OC(C)C. The van der Waals surface area contributed by atoms with Gasteiger partial charge in [-0.25, -0.2) is 0 Å². The van der Waals surface area contributed by atoms with Crippen LogP contribution in [0.4, 0.5) is 0 Å². The topological polar surface area (TPSA) is 59.6 Å². The van der Waals surface area contributed by atoms with Crippen LogP contribution in [0.5, 0.6) is 11.5 Å². The molecule has 2 N–H and O–H groups in total. The van der Waals surface area contributed by atoms with Crippen LogP contribution in [0.2, 0.25) is 0 Å². The minimum absolute atomic E-state index is 0.0595. The first-order chi connectivity index (χ1) is 10.1. The molecule has 5 nitrogen and oxygen atoms in total. The van der Waals surface area contributed by atoms with Gasteiger partial charge in [0.05, 0.1) is 19.8 Å². The van der Waals surface area contributed by atoms with Crippen LogP contribution in [-0.4, -0.2) is 31.7 Å². The Balaban J connectivity index is 1.83. The van der Waals surface area contributed by atoms with Crippen molar-refractivity contribution in [2.24, 2.45) is 0 Å². The molecule has 5 heteroatoms. The van der Waals surface area contributed by atoms with Crippen LogP contribution in [0, 0.1) is 0 Å². The van der Waals surface area contributed by atoms with Crippen molar-refractivity contribution >= 4 is 5.91 Å². The van der Waals surface area contributed by atoms with Crippen LogP contribution < -0.4 is 20.1 Å². The van der Waals surface area contributed by atoms with Crippen molar-refractivity contribution in [3.8, 4) is 11.5 Å². The molecule has 0 aromatic heterocycles. The van der Waals surface area contributed by atoms with Gasteiger partial charge >= 0.3 is 0 Å². The van der Waals surface area contributed by atoms with E-state index in [9.17, 15) is 4.79 Å². The predicted molar refractivity (Wildman–Crippen MR) is 81.6 cm³/mol. The van der Waals surface area contributed by atoms with Gasteiger partial charge in [0.1, 0.15) is 0 Å². The zero-order valence-electron chi connectivity index (χ0n) is 12.9. The second kappa shape index (κ2) is 7.31. The van der Waals surface area contributed by atoms with Gasteiger partial charge in [-0.2, -0.15) is 0 Å². The van der Waals surface area contributed by atoms with Crippen molar-refractivity contribution in [3.63, 3.8) is 0 Å². The van der Waals surface area contributed by atoms with Crippen molar-refractivity contribution in [1.82, 2.24) is 10.6 Å². The fourth-order valence-corrected chi connectivity index (χ4v) is 2.00. The fourth-order valence-electron chi connectivity index (χ4n) is 2.00. The van der Waals surface area contributed by atoms with E-state index in [1.807, 2.05) is 32.0 Å². The zero-order chi connectivity index (χ0) is 15.2. The smallest absolute Gasteiger partial charge is 0.234 e. The third-order valence-electron chi connectivity index (χ3n) is 3.15. The highest BCUT2D eigenvalue weighted by molar-refractivity contribution is 5.78.